The maximum atomic E-state index is 11.7. The average molecular weight is 276 g/mol. The molecule has 1 aliphatic heterocycles. The molecule has 1 atom stereocenters. The summed E-state index contributed by atoms with van der Waals surface area (Å²) in [6.07, 6.45) is 7.36. The van der Waals surface area contributed by atoms with Crippen molar-refractivity contribution in [1.82, 2.24) is 5.32 Å². The van der Waals surface area contributed by atoms with Crippen LogP contribution in [0.1, 0.15) is 34.1 Å². The third-order valence-corrected chi connectivity index (χ3v) is 3.78. The fourth-order valence-corrected chi connectivity index (χ4v) is 2.78. The molecular weight excluding hydrogens is 256 g/mol. The van der Waals surface area contributed by atoms with Gasteiger partial charge in [0.1, 0.15) is 0 Å². The molecule has 0 saturated carbocycles. The third kappa shape index (κ3) is 2.81. The van der Waals surface area contributed by atoms with E-state index >= 15 is 0 Å². The number of nitro groups is 1. The molecule has 1 amide bonds. The van der Waals surface area contributed by atoms with E-state index in [0.29, 0.717) is 6.42 Å². The number of hydrogen-bond donors (Lipinski definition) is 1. The Morgan fingerprint density at radius 2 is 2.00 bits per heavy atom. The molecule has 1 aliphatic carbocycles. The van der Waals surface area contributed by atoms with Gasteiger partial charge in [-0.2, -0.15) is 0 Å². The monoisotopic (exact) mass is 276 g/mol. The Balaban J connectivity index is 2.47. The van der Waals surface area contributed by atoms with Crippen LogP contribution in [0, 0.1) is 20.9 Å². The van der Waals surface area contributed by atoms with Gasteiger partial charge in [-0.05, 0) is 11.0 Å². The predicted octanol–water partition coefficient (Wildman–Crippen LogP) is 2.58. The molecule has 0 aromatic heterocycles. The lowest BCUT2D eigenvalue weighted by Crippen LogP contribution is -2.35. The molecule has 0 radical (unpaired) electrons. The zero-order valence-corrected chi connectivity index (χ0v) is 12.3. The van der Waals surface area contributed by atoms with Crippen molar-refractivity contribution in [2.45, 2.75) is 40.2 Å². The quantitative estimate of drug-likeness (QED) is 0.622. The normalized spacial score (nSPS) is 27.4. The van der Waals surface area contributed by atoms with Gasteiger partial charge in [-0.1, -0.05) is 39.8 Å². The number of rotatable bonds is 2. The van der Waals surface area contributed by atoms with Crippen molar-refractivity contribution in [3.05, 3.63) is 45.7 Å². The van der Waals surface area contributed by atoms with Gasteiger partial charge >= 0.3 is 0 Å². The van der Waals surface area contributed by atoms with Crippen molar-refractivity contribution in [1.29, 1.82) is 0 Å². The summed E-state index contributed by atoms with van der Waals surface area (Å²) in [5.74, 6) is -0.00744. The highest BCUT2D eigenvalue weighted by Gasteiger charge is 2.41. The second-order valence-corrected chi connectivity index (χ2v) is 6.79. The molecule has 1 heterocycles. The summed E-state index contributed by atoms with van der Waals surface area (Å²) in [6.45, 7) is 7.98. The van der Waals surface area contributed by atoms with Crippen molar-refractivity contribution in [3.8, 4) is 0 Å². The molecule has 108 valence electrons. The van der Waals surface area contributed by atoms with Crippen molar-refractivity contribution >= 4 is 5.91 Å². The molecule has 0 aromatic rings. The van der Waals surface area contributed by atoms with Crippen LogP contribution >= 0.6 is 0 Å². The van der Waals surface area contributed by atoms with Crippen LogP contribution < -0.4 is 5.32 Å². The van der Waals surface area contributed by atoms with Crippen molar-refractivity contribution < 1.29 is 9.72 Å². The van der Waals surface area contributed by atoms with Gasteiger partial charge in [0.2, 0.25) is 5.91 Å². The van der Waals surface area contributed by atoms with Gasteiger partial charge in [0.05, 0.1) is 11.0 Å². The molecular formula is C15H20N2O3. The molecule has 2 rings (SSSR count). The van der Waals surface area contributed by atoms with E-state index in [4.69, 9.17) is 0 Å². The summed E-state index contributed by atoms with van der Waals surface area (Å²) in [7, 11) is 0. The number of hydrogen-bond acceptors (Lipinski definition) is 3. The van der Waals surface area contributed by atoms with Crippen LogP contribution in [0.25, 0.3) is 0 Å². The Morgan fingerprint density at radius 3 is 2.50 bits per heavy atom. The summed E-state index contributed by atoms with van der Waals surface area (Å²) >= 11 is 0. The lowest BCUT2D eigenvalue weighted by atomic mass is 9.79. The fraction of sp³-hybridized carbons (Fsp3) is 0.533. The smallest absolute Gasteiger partial charge is 0.269 e. The minimum atomic E-state index is -0.393. The Bertz CT molecular complexity index is 553. The first kappa shape index (κ1) is 14.5. The number of amides is 1. The number of allylic oxidation sites excluding steroid dienone is 3. The van der Waals surface area contributed by atoms with Crippen LogP contribution in [0.2, 0.25) is 0 Å². The highest BCUT2D eigenvalue weighted by Crippen LogP contribution is 2.38. The Kier molecular flexibility index (Phi) is 3.32. The molecule has 1 unspecified atom stereocenters. The Hall–Kier alpha value is -1.91. The number of carbonyl (C=O) groups is 1. The predicted molar refractivity (Wildman–Crippen MR) is 76.4 cm³/mol. The van der Waals surface area contributed by atoms with Gasteiger partial charge in [-0.3, -0.25) is 14.9 Å². The number of nitrogens with zero attached hydrogens (tertiary/aromatic N) is 1. The number of nitrogens with one attached hydrogen (secondary N) is 1. The van der Waals surface area contributed by atoms with E-state index < -0.39 is 4.92 Å². The average Bonchev–Trinajstić information content (AvgIpc) is 2.46. The second-order valence-electron chi connectivity index (χ2n) is 6.79. The van der Waals surface area contributed by atoms with E-state index in [0.717, 1.165) is 5.57 Å². The van der Waals surface area contributed by atoms with E-state index in [1.807, 2.05) is 39.8 Å². The standard InChI is InChI=1S/C15H20N2O3/c1-14(2)6-5-11(17(19)20)7-10(8-14)13-15(3,4)9-12(18)16-13/h5-8,13H,9H2,1-4H3,(H,16,18). The minimum Gasteiger partial charge on any atom is -0.349 e. The van der Waals surface area contributed by atoms with E-state index in [2.05, 4.69) is 5.32 Å². The van der Waals surface area contributed by atoms with Crippen LogP contribution in [0.5, 0.6) is 0 Å². The highest BCUT2D eigenvalue weighted by molar-refractivity contribution is 5.80. The molecule has 0 spiro atoms. The summed E-state index contributed by atoms with van der Waals surface area (Å²) in [4.78, 5) is 22.3. The first-order chi connectivity index (χ1) is 9.11. The third-order valence-electron chi connectivity index (χ3n) is 3.78. The van der Waals surface area contributed by atoms with Crippen LogP contribution in [0.3, 0.4) is 0 Å². The van der Waals surface area contributed by atoms with Crippen LogP contribution in [0.4, 0.5) is 0 Å². The van der Waals surface area contributed by atoms with Crippen molar-refractivity contribution in [3.63, 3.8) is 0 Å². The fourth-order valence-electron chi connectivity index (χ4n) is 2.78. The zero-order valence-electron chi connectivity index (χ0n) is 12.3. The van der Waals surface area contributed by atoms with Gasteiger partial charge < -0.3 is 5.32 Å². The summed E-state index contributed by atoms with van der Waals surface area (Å²) in [5.41, 5.74) is 0.329. The molecule has 5 nitrogen and oxygen atoms in total. The molecule has 1 N–H and O–H groups in total. The zero-order chi connectivity index (χ0) is 15.1. The van der Waals surface area contributed by atoms with Gasteiger partial charge in [-0.25, -0.2) is 0 Å². The van der Waals surface area contributed by atoms with Crippen LogP contribution in [-0.2, 0) is 4.79 Å². The van der Waals surface area contributed by atoms with Crippen molar-refractivity contribution in [2.75, 3.05) is 0 Å². The number of carbonyl (C=O) groups excluding carboxylic acids is 1. The van der Waals surface area contributed by atoms with E-state index in [1.165, 1.54) is 6.08 Å². The van der Waals surface area contributed by atoms with Gasteiger partial charge in [0.15, 0.2) is 0 Å². The second kappa shape index (κ2) is 4.58. The molecule has 1 fully saturated rings. The Labute approximate surface area is 118 Å². The largest absolute Gasteiger partial charge is 0.349 e. The van der Waals surface area contributed by atoms with Crippen LogP contribution in [0.15, 0.2) is 35.6 Å². The lowest BCUT2D eigenvalue weighted by Gasteiger charge is -2.28. The first-order valence-electron chi connectivity index (χ1n) is 6.68. The molecule has 0 bridgehead atoms. The molecule has 0 aromatic carbocycles. The summed E-state index contributed by atoms with van der Waals surface area (Å²) < 4.78 is 0. The SMILES string of the molecule is CC1(C)C=CC([N+](=O)[O-])=CC(C2NC(=O)CC2(C)C)=C1. The Morgan fingerprint density at radius 1 is 1.35 bits per heavy atom. The molecule has 2 aliphatic rings. The van der Waals surface area contributed by atoms with Gasteiger partial charge in [-0.15, -0.1) is 0 Å². The topological polar surface area (TPSA) is 72.2 Å². The first-order valence-corrected chi connectivity index (χ1v) is 6.68. The van der Waals surface area contributed by atoms with Gasteiger partial charge in [0.25, 0.3) is 5.70 Å². The molecule has 20 heavy (non-hydrogen) atoms. The lowest BCUT2D eigenvalue weighted by molar-refractivity contribution is -0.419. The van der Waals surface area contributed by atoms with Crippen molar-refractivity contribution in [2.24, 2.45) is 10.8 Å². The summed E-state index contributed by atoms with van der Waals surface area (Å²) in [5, 5.41) is 14.0. The minimum absolute atomic E-state index is 0.00744. The van der Waals surface area contributed by atoms with Gasteiger partial charge in [0, 0.05) is 24.0 Å². The van der Waals surface area contributed by atoms with E-state index in [1.54, 1.807) is 6.08 Å². The maximum Gasteiger partial charge on any atom is 0.269 e. The van der Waals surface area contributed by atoms with E-state index in [9.17, 15) is 14.9 Å². The van der Waals surface area contributed by atoms with E-state index in [-0.39, 0.29) is 28.5 Å². The highest BCUT2D eigenvalue weighted by atomic mass is 16.6. The molecule has 1 saturated heterocycles. The van der Waals surface area contributed by atoms with Crippen LogP contribution in [-0.4, -0.2) is 16.9 Å². The summed E-state index contributed by atoms with van der Waals surface area (Å²) in [6, 6.07) is -0.191. The molecule has 5 heteroatoms. The maximum absolute atomic E-state index is 11.7.